The topological polar surface area (TPSA) is 77.8 Å². The number of ether oxygens (including phenoxy) is 2. The molecular formula is C19H18ClF3N4O3. The Morgan fingerprint density at radius 1 is 1.13 bits per heavy atom. The third kappa shape index (κ3) is 4.59. The van der Waals surface area contributed by atoms with Crippen LogP contribution in [-0.2, 0) is 12.7 Å². The second-order valence-electron chi connectivity index (χ2n) is 6.09. The van der Waals surface area contributed by atoms with Gasteiger partial charge in [-0.15, -0.1) is 10.2 Å². The van der Waals surface area contributed by atoms with E-state index in [1.54, 1.807) is 19.1 Å². The normalized spacial score (nSPS) is 11.5. The zero-order chi connectivity index (χ0) is 21.9. The summed E-state index contributed by atoms with van der Waals surface area (Å²) in [4.78, 5) is 12.5. The third-order valence-corrected chi connectivity index (χ3v) is 4.27. The molecule has 0 atom stereocenters. The molecule has 0 aliphatic carbocycles. The third-order valence-electron chi connectivity index (χ3n) is 4.06. The molecule has 1 N–H and O–H groups in total. The Balaban J connectivity index is 1.82. The Labute approximate surface area is 174 Å². The Morgan fingerprint density at radius 3 is 2.50 bits per heavy atom. The van der Waals surface area contributed by atoms with Crippen molar-refractivity contribution in [2.75, 3.05) is 13.2 Å². The molecule has 0 aliphatic rings. The Kier molecular flexibility index (Phi) is 6.35. The van der Waals surface area contributed by atoms with E-state index in [1.165, 1.54) is 12.3 Å². The zero-order valence-corrected chi connectivity index (χ0v) is 16.8. The van der Waals surface area contributed by atoms with Gasteiger partial charge in [0.05, 0.1) is 24.8 Å². The van der Waals surface area contributed by atoms with Gasteiger partial charge in [0.1, 0.15) is 5.56 Å². The molecule has 30 heavy (non-hydrogen) atoms. The summed E-state index contributed by atoms with van der Waals surface area (Å²) in [5.41, 5.74) is -1.10. The highest BCUT2D eigenvalue weighted by molar-refractivity contribution is 6.30. The summed E-state index contributed by atoms with van der Waals surface area (Å²) in [5, 5.41) is 9.83. The van der Waals surface area contributed by atoms with Gasteiger partial charge in [0.2, 0.25) is 0 Å². The predicted molar refractivity (Wildman–Crippen MR) is 103 cm³/mol. The van der Waals surface area contributed by atoms with Gasteiger partial charge in [-0.1, -0.05) is 11.6 Å². The summed E-state index contributed by atoms with van der Waals surface area (Å²) in [5.74, 6) is 0.561. The van der Waals surface area contributed by atoms with Gasteiger partial charge in [-0.05, 0) is 38.1 Å². The first-order valence-electron chi connectivity index (χ1n) is 9.02. The second kappa shape index (κ2) is 8.78. The molecule has 0 radical (unpaired) electrons. The Morgan fingerprint density at radius 2 is 1.83 bits per heavy atom. The lowest BCUT2D eigenvalue weighted by molar-refractivity contribution is -0.136. The number of carbonyl (C=O) groups excluding carboxylic acids is 1. The number of nitrogens with zero attached hydrogens (tertiary/aromatic N) is 3. The van der Waals surface area contributed by atoms with E-state index < -0.39 is 23.3 Å². The molecule has 3 rings (SSSR count). The highest BCUT2D eigenvalue weighted by Gasteiger charge is 2.35. The molecule has 7 nitrogen and oxygen atoms in total. The van der Waals surface area contributed by atoms with Crippen molar-refractivity contribution in [2.45, 2.75) is 26.6 Å². The SMILES string of the molecule is CCOc1ccc(C(=O)NCc2nnc3c(C(F)(F)F)cc(Cl)cn23)cc1OCC. The second-order valence-corrected chi connectivity index (χ2v) is 6.53. The Hall–Kier alpha value is -3.01. The first-order valence-corrected chi connectivity index (χ1v) is 9.40. The van der Waals surface area contributed by atoms with Gasteiger partial charge >= 0.3 is 6.18 Å². The minimum Gasteiger partial charge on any atom is -0.490 e. The summed E-state index contributed by atoms with van der Waals surface area (Å²) in [6.07, 6.45) is -3.38. The molecule has 1 aromatic carbocycles. The number of alkyl halides is 3. The average Bonchev–Trinajstić information content (AvgIpc) is 3.09. The molecule has 0 bridgehead atoms. The van der Waals surface area contributed by atoms with E-state index in [1.807, 2.05) is 6.92 Å². The van der Waals surface area contributed by atoms with Gasteiger partial charge in [-0.25, -0.2) is 0 Å². The van der Waals surface area contributed by atoms with Crippen LogP contribution < -0.4 is 14.8 Å². The maximum atomic E-state index is 13.2. The summed E-state index contributed by atoms with van der Waals surface area (Å²) in [6.45, 7) is 4.30. The zero-order valence-electron chi connectivity index (χ0n) is 16.1. The predicted octanol–water partition coefficient (Wildman–Crippen LogP) is 4.13. The molecule has 0 spiro atoms. The van der Waals surface area contributed by atoms with Crippen LogP contribution in [-0.4, -0.2) is 33.7 Å². The number of hydrogen-bond donors (Lipinski definition) is 1. The van der Waals surface area contributed by atoms with Gasteiger partial charge in [-0.2, -0.15) is 13.2 Å². The Bertz CT molecular complexity index is 1070. The number of rotatable bonds is 7. The fourth-order valence-corrected chi connectivity index (χ4v) is 3.00. The number of nitrogens with one attached hydrogen (secondary N) is 1. The summed E-state index contributed by atoms with van der Waals surface area (Å²) >= 11 is 5.82. The van der Waals surface area contributed by atoms with Crippen molar-refractivity contribution in [1.29, 1.82) is 0 Å². The number of amides is 1. The lowest BCUT2D eigenvalue weighted by Crippen LogP contribution is -2.24. The van der Waals surface area contributed by atoms with Crippen LogP contribution in [0.3, 0.4) is 0 Å². The van der Waals surface area contributed by atoms with E-state index in [0.717, 1.165) is 10.5 Å². The van der Waals surface area contributed by atoms with Crippen molar-refractivity contribution in [3.63, 3.8) is 0 Å². The lowest BCUT2D eigenvalue weighted by atomic mass is 10.2. The molecule has 0 unspecified atom stereocenters. The fourth-order valence-electron chi connectivity index (χ4n) is 2.79. The van der Waals surface area contributed by atoms with Crippen LogP contribution in [0.5, 0.6) is 11.5 Å². The minimum atomic E-state index is -4.64. The smallest absolute Gasteiger partial charge is 0.420 e. The molecule has 0 saturated heterocycles. The van der Waals surface area contributed by atoms with E-state index in [9.17, 15) is 18.0 Å². The standard InChI is InChI=1S/C19H18ClF3N4O3/c1-3-29-14-6-5-11(7-15(14)30-4-2)18(28)24-9-16-25-26-17-13(19(21,22)23)8-12(20)10-27(16)17/h5-8,10H,3-4,9H2,1-2H3,(H,24,28). The van der Waals surface area contributed by atoms with Crippen LogP contribution in [0.4, 0.5) is 13.2 Å². The van der Waals surface area contributed by atoms with Gasteiger partial charge < -0.3 is 14.8 Å². The van der Waals surface area contributed by atoms with Crippen LogP contribution in [0.15, 0.2) is 30.5 Å². The average molecular weight is 443 g/mol. The number of hydrogen-bond acceptors (Lipinski definition) is 5. The van der Waals surface area contributed by atoms with E-state index in [-0.39, 0.29) is 17.4 Å². The first-order chi connectivity index (χ1) is 14.2. The van der Waals surface area contributed by atoms with Crippen molar-refractivity contribution in [3.8, 4) is 11.5 Å². The molecule has 2 heterocycles. The molecule has 0 fully saturated rings. The molecule has 11 heteroatoms. The highest BCUT2D eigenvalue weighted by Crippen LogP contribution is 2.34. The largest absolute Gasteiger partial charge is 0.490 e. The monoisotopic (exact) mass is 442 g/mol. The molecular weight excluding hydrogens is 425 g/mol. The summed E-state index contributed by atoms with van der Waals surface area (Å²) < 4.78 is 51.7. The molecule has 2 aromatic heterocycles. The van der Waals surface area contributed by atoms with Crippen LogP contribution in [0.2, 0.25) is 5.02 Å². The van der Waals surface area contributed by atoms with Crippen LogP contribution in [0.1, 0.15) is 35.6 Å². The number of carbonyl (C=O) groups is 1. The van der Waals surface area contributed by atoms with E-state index in [4.69, 9.17) is 21.1 Å². The highest BCUT2D eigenvalue weighted by atomic mass is 35.5. The minimum absolute atomic E-state index is 0.0994. The van der Waals surface area contributed by atoms with E-state index >= 15 is 0 Å². The van der Waals surface area contributed by atoms with Crippen molar-refractivity contribution in [1.82, 2.24) is 19.9 Å². The van der Waals surface area contributed by atoms with Gasteiger partial charge in [0.25, 0.3) is 5.91 Å². The van der Waals surface area contributed by atoms with Crippen LogP contribution in [0, 0.1) is 0 Å². The van der Waals surface area contributed by atoms with Crippen molar-refractivity contribution >= 4 is 23.2 Å². The number of fused-ring (bicyclic) bond motifs is 1. The molecule has 1 amide bonds. The van der Waals surface area contributed by atoms with E-state index in [2.05, 4.69) is 15.5 Å². The summed E-state index contributed by atoms with van der Waals surface area (Å²) in [6, 6.07) is 5.49. The number of benzene rings is 1. The van der Waals surface area contributed by atoms with Gasteiger partial charge in [-0.3, -0.25) is 9.20 Å². The molecule has 0 saturated carbocycles. The first kappa shape index (κ1) is 21.7. The maximum absolute atomic E-state index is 13.2. The molecule has 3 aromatic rings. The lowest BCUT2D eigenvalue weighted by Gasteiger charge is -2.12. The number of aromatic nitrogens is 3. The van der Waals surface area contributed by atoms with Crippen molar-refractivity contribution < 1.29 is 27.4 Å². The van der Waals surface area contributed by atoms with Crippen molar-refractivity contribution in [2.24, 2.45) is 0 Å². The molecule has 0 aliphatic heterocycles. The summed E-state index contributed by atoms with van der Waals surface area (Å²) in [7, 11) is 0. The van der Waals surface area contributed by atoms with Gasteiger partial charge in [0.15, 0.2) is 23.0 Å². The number of halogens is 4. The maximum Gasteiger partial charge on any atom is 0.420 e. The quantitative estimate of drug-likeness (QED) is 0.595. The van der Waals surface area contributed by atoms with Crippen LogP contribution in [0.25, 0.3) is 5.65 Å². The number of pyridine rings is 1. The van der Waals surface area contributed by atoms with Crippen molar-refractivity contribution in [3.05, 3.63) is 52.4 Å². The van der Waals surface area contributed by atoms with Crippen LogP contribution >= 0.6 is 11.6 Å². The fraction of sp³-hybridized carbons (Fsp3) is 0.316. The van der Waals surface area contributed by atoms with Gasteiger partial charge in [0, 0.05) is 11.8 Å². The molecule has 160 valence electrons. The van der Waals surface area contributed by atoms with E-state index in [0.29, 0.717) is 30.3 Å².